The molecule has 7 heterocycles. The summed E-state index contributed by atoms with van der Waals surface area (Å²) in [4.78, 5) is 25.1. The average molecular weight is 570 g/mol. The van der Waals surface area contributed by atoms with E-state index < -0.39 is 0 Å². The summed E-state index contributed by atoms with van der Waals surface area (Å²) in [7, 11) is 0. The van der Waals surface area contributed by atoms with Gasteiger partial charge in [0.05, 0.1) is 39.5 Å². The van der Waals surface area contributed by atoms with Gasteiger partial charge in [-0.15, -0.1) is 12.6 Å². The van der Waals surface area contributed by atoms with Gasteiger partial charge in [-0.1, -0.05) is 54.2 Å². The normalized spacial score (nSPS) is 14.2. The number of nitrogens with zero attached hydrogens (tertiary/aromatic N) is 8. The molecule has 2 aliphatic heterocycles. The van der Waals surface area contributed by atoms with E-state index in [2.05, 4.69) is 87.0 Å². The van der Waals surface area contributed by atoms with Crippen LogP contribution in [0.3, 0.4) is 0 Å². The molecule has 5 aromatic heterocycles. The van der Waals surface area contributed by atoms with Gasteiger partial charge >= 0.3 is 0 Å². The third-order valence-electron chi connectivity index (χ3n) is 8.15. The molecule has 0 bridgehead atoms. The van der Waals surface area contributed by atoms with Crippen LogP contribution in [-0.2, 0) is 0 Å². The molecule has 9 rings (SSSR count). The Hall–Kier alpha value is -5.89. The molecule has 0 saturated heterocycles. The Morgan fingerprint density at radius 3 is 2.34 bits per heavy atom. The minimum Gasteiger partial charge on any atom is -0.678 e. The predicted molar refractivity (Wildman–Crippen MR) is 176 cm³/mol. The Labute approximate surface area is 252 Å². The van der Waals surface area contributed by atoms with E-state index in [1.807, 2.05) is 36.4 Å². The fourth-order valence-electron chi connectivity index (χ4n) is 6.21. The van der Waals surface area contributed by atoms with Gasteiger partial charge in [0, 0.05) is 29.5 Å². The number of fused-ring (bicyclic) bond motifs is 6. The number of rotatable bonds is 4. The van der Waals surface area contributed by atoms with Gasteiger partial charge < -0.3 is 5.32 Å². The summed E-state index contributed by atoms with van der Waals surface area (Å²) in [5.74, 6) is 0. The van der Waals surface area contributed by atoms with Crippen molar-refractivity contribution in [3.05, 3.63) is 126 Å². The Morgan fingerprint density at radius 1 is 0.659 bits per heavy atom. The average Bonchev–Trinajstić information content (AvgIpc) is 3.60. The zero-order valence-electron chi connectivity index (χ0n) is 23.7. The van der Waals surface area contributed by atoms with Gasteiger partial charge in [-0.25, -0.2) is 15.0 Å². The second-order valence-electron chi connectivity index (χ2n) is 10.8. The molecule has 0 unspecified atom stereocenters. The molecular formula is C36H25N8-. The second kappa shape index (κ2) is 9.84. The molecule has 44 heavy (non-hydrogen) atoms. The van der Waals surface area contributed by atoms with Crippen molar-refractivity contribution in [2.75, 3.05) is 13.1 Å². The van der Waals surface area contributed by atoms with Crippen molar-refractivity contribution in [1.29, 1.82) is 0 Å². The predicted octanol–water partition coefficient (Wildman–Crippen LogP) is 7.76. The van der Waals surface area contributed by atoms with Crippen LogP contribution in [-0.4, -0.2) is 47.9 Å². The van der Waals surface area contributed by atoms with Crippen molar-refractivity contribution in [3.8, 4) is 22.8 Å². The summed E-state index contributed by atoms with van der Waals surface area (Å²) in [6, 6.07) is 28.7. The zero-order chi connectivity index (χ0) is 29.0. The van der Waals surface area contributed by atoms with E-state index in [9.17, 15) is 0 Å². The molecular weight excluding hydrogens is 544 g/mol. The molecule has 2 aromatic carbocycles. The molecule has 0 amide bonds. The monoisotopic (exact) mass is 569 g/mol. The molecule has 0 radical (unpaired) electrons. The number of pyridine rings is 2. The van der Waals surface area contributed by atoms with Gasteiger partial charge in [0.2, 0.25) is 0 Å². The van der Waals surface area contributed by atoms with Crippen LogP contribution < -0.4 is 0 Å². The van der Waals surface area contributed by atoms with Crippen LogP contribution in [0.4, 0.5) is 5.69 Å². The summed E-state index contributed by atoms with van der Waals surface area (Å²) < 4.78 is 4.35. The molecule has 0 saturated carbocycles. The summed E-state index contributed by atoms with van der Waals surface area (Å²) in [6.45, 7) is 1.34. The van der Waals surface area contributed by atoms with Crippen LogP contribution >= 0.6 is 0 Å². The standard InChI is InChI=1S/C36H25N8/c1-2-11-23(12-3-1)43-30-16-5-4-13-25(30)32-35(43)42-34-33-31(17-10-20-39-33)44(36(34)41-32)24-21-28(26-14-6-8-18-37-26)40-29(22-24)27-15-7-9-19-38-27/h1-8,10-18,21-22H,9,19-20H2/q-1. The van der Waals surface area contributed by atoms with Gasteiger partial charge in [-0.3, -0.25) is 19.1 Å². The Morgan fingerprint density at radius 2 is 1.48 bits per heavy atom. The van der Waals surface area contributed by atoms with E-state index >= 15 is 0 Å². The highest BCUT2D eigenvalue weighted by Gasteiger charge is 2.22. The SMILES string of the molecule is C1=CC(c2cc(-n3c4c(c5nc6c(nc53)c3ccccc3n6-c3ccccc3)[N-]CC=C4)cc(-c3ccccn3)n2)=NCC1. The molecule has 8 heteroatoms. The van der Waals surface area contributed by atoms with Crippen molar-refractivity contribution >= 4 is 50.7 Å². The number of aromatic nitrogens is 6. The number of para-hydroxylation sites is 2. The molecule has 0 N–H and O–H groups in total. The van der Waals surface area contributed by atoms with Gasteiger partial charge in [0.1, 0.15) is 5.52 Å². The Balaban J connectivity index is 1.37. The third-order valence-corrected chi connectivity index (χ3v) is 8.15. The molecule has 0 spiro atoms. The highest BCUT2D eigenvalue weighted by molar-refractivity contribution is 6.10. The Kier molecular flexibility index (Phi) is 5.52. The van der Waals surface area contributed by atoms with Crippen LogP contribution in [0.1, 0.15) is 17.8 Å². The first kappa shape index (κ1) is 24.7. The van der Waals surface area contributed by atoms with E-state index in [1.165, 1.54) is 0 Å². The van der Waals surface area contributed by atoms with Crippen LogP contribution in [0.5, 0.6) is 0 Å². The first-order chi connectivity index (χ1) is 21.8. The van der Waals surface area contributed by atoms with E-state index in [0.29, 0.717) is 6.54 Å². The number of allylic oxidation sites excluding steroid dienone is 1. The molecule has 0 fully saturated rings. The minimum absolute atomic E-state index is 0.593. The molecule has 210 valence electrons. The van der Waals surface area contributed by atoms with E-state index in [4.69, 9.17) is 25.3 Å². The lowest BCUT2D eigenvalue weighted by Gasteiger charge is -2.23. The minimum atomic E-state index is 0.593. The number of dihydropyridines is 1. The van der Waals surface area contributed by atoms with Gasteiger partial charge in [-0.2, -0.15) is 0 Å². The summed E-state index contributed by atoms with van der Waals surface area (Å²) in [5.41, 5.74) is 11.2. The van der Waals surface area contributed by atoms with Crippen LogP contribution in [0.25, 0.3) is 67.4 Å². The van der Waals surface area contributed by atoms with E-state index in [1.54, 1.807) is 6.20 Å². The van der Waals surface area contributed by atoms with Crippen LogP contribution in [0.2, 0.25) is 0 Å². The first-order valence-corrected chi connectivity index (χ1v) is 14.7. The van der Waals surface area contributed by atoms with E-state index in [0.717, 1.165) is 91.7 Å². The lowest BCUT2D eigenvalue weighted by Crippen LogP contribution is -2.09. The molecule has 0 aliphatic carbocycles. The van der Waals surface area contributed by atoms with Crippen molar-refractivity contribution in [3.63, 3.8) is 0 Å². The third kappa shape index (κ3) is 3.81. The van der Waals surface area contributed by atoms with Gasteiger partial charge in [0.25, 0.3) is 0 Å². The Bertz CT molecular complexity index is 2330. The first-order valence-electron chi connectivity index (χ1n) is 14.7. The smallest absolute Gasteiger partial charge is 0.165 e. The molecule has 2 aliphatic rings. The number of aliphatic imine (C=N–C) groups is 1. The fourth-order valence-corrected chi connectivity index (χ4v) is 6.21. The van der Waals surface area contributed by atoms with Crippen LogP contribution in [0.15, 0.2) is 114 Å². The van der Waals surface area contributed by atoms with Crippen LogP contribution in [0, 0.1) is 0 Å². The van der Waals surface area contributed by atoms with Crippen molar-refractivity contribution in [2.45, 2.75) is 6.42 Å². The maximum absolute atomic E-state index is 5.38. The number of hydrogen-bond donors (Lipinski definition) is 0. The quantitative estimate of drug-likeness (QED) is 0.217. The van der Waals surface area contributed by atoms with Gasteiger partial charge in [0.15, 0.2) is 11.3 Å². The summed E-state index contributed by atoms with van der Waals surface area (Å²) in [5, 5.41) is 5.99. The zero-order valence-corrected chi connectivity index (χ0v) is 23.7. The highest BCUT2D eigenvalue weighted by atomic mass is 15.2. The largest absolute Gasteiger partial charge is 0.678 e. The topological polar surface area (TPSA) is 87.9 Å². The maximum atomic E-state index is 5.38. The van der Waals surface area contributed by atoms with Crippen molar-refractivity contribution in [2.24, 2.45) is 4.99 Å². The lowest BCUT2D eigenvalue weighted by molar-refractivity contribution is 0.989. The molecule has 7 aromatic rings. The molecule has 8 nitrogen and oxygen atoms in total. The van der Waals surface area contributed by atoms with Gasteiger partial charge in [-0.05, 0) is 61.0 Å². The number of hydrogen-bond acceptors (Lipinski definition) is 5. The van der Waals surface area contributed by atoms with E-state index in [-0.39, 0.29) is 0 Å². The number of benzene rings is 2. The maximum Gasteiger partial charge on any atom is 0.165 e. The highest BCUT2D eigenvalue weighted by Crippen LogP contribution is 2.42. The molecule has 0 atom stereocenters. The lowest BCUT2D eigenvalue weighted by atomic mass is 10.1. The summed E-state index contributed by atoms with van der Waals surface area (Å²) >= 11 is 0. The summed E-state index contributed by atoms with van der Waals surface area (Å²) in [6.07, 6.45) is 11.1. The second-order valence-corrected chi connectivity index (χ2v) is 10.8. The van der Waals surface area contributed by atoms with Crippen molar-refractivity contribution < 1.29 is 0 Å². The van der Waals surface area contributed by atoms with Crippen molar-refractivity contribution in [1.82, 2.24) is 29.1 Å². The fraction of sp³-hybridized carbons (Fsp3) is 0.0833.